The largest absolute Gasteiger partial charge is 0.383 e. The molecule has 0 atom stereocenters. The number of nitrogens with zero attached hydrogens (tertiary/aromatic N) is 1. The van der Waals surface area contributed by atoms with Crippen LogP contribution in [0.25, 0.3) is 0 Å². The minimum absolute atomic E-state index is 0.00413. The molecule has 1 fully saturated rings. The molecule has 1 aliphatic rings. The Bertz CT molecular complexity index is 400. The van der Waals surface area contributed by atoms with Crippen LogP contribution in [-0.4, -0.2) is 45.3 Å². The molecule has 0 spiro atoms. The van der Waals surface area contributed by atoms with E-state index in [0.717, 1.165) is 38.5 Å². The van der Waals surface area contributed by atoms with Gasteiger partial charge in [0, 0.05) is 44.5 Å². The summed E-state index contributed by atoms with van der Waals surface area (Å²) in [5.41, 5.74) is 2.30. The summed E-state index contributed by atoms with van der Waals surface area (Å²) < 4.78 is 5.34. The molecule has 0 bridgehead atoms. The molecule has 1 heterocycles. The quantitative estimate of drug-likeness (QED) is 0.780. The third-order valence-electron chi connectivity index (χ3n) is 3.07. The number of amides is 1. The highest BCUT2D eigenvalue weighted by Crippen LogP contribution is 2.18. The molecule has 1 saturated heterocycles. The van der Waals surface area contributed by atoms with Gasteiger partial charge in [0.2, 0.25) is 5.91 Å². The Morgan fingerprint density at radius 2 is 1.89 bits per heavy atom. The summed E-state index contributed by atoms with van der Waals surface area (Å²) in [5.74, 6) is 0.00413. The van der Waals surface area contributed by atoms with Crippen molar-refractivity contribution < 1.29 is 9.53 Å². The van der Waals surface area contributed by atoms with Crippen LogP contribution < -0.4 is 15.5 Å². The molecule has 0 unspecified atom stereocenters. The Balaban J connectivity index is 1.79. The summed E-state index contributed by atoms with van der Waals surface area (Å²) in [6.45, 7) is 6.41. The molecule has 1 aromatic carbocycles. The lowest BCUT2D eigenvalue weighted by molar-refractivity contribution is -0.118. The van der Waals surface area contributed by atoms with Gasteiger partial charge in [-0.05, 0) is 24.3 Å². The van der Waals surface area contributed by atoms with Crippen molar-refractivity contribution in [1.29, 1.82) is 0 Å². The first kappa shape index (κ1) is 13.7. The number of hydrogen-bond donors (Lipinski definition) is 2. The lowest BCUT2D eigenvalue weighted by Gasteiger charge is -2.28. The van der Waals surface area contributed by atoms with Gasteiger partial charge in [-0.15, -0.1) is 0 Å². The van der Waals surface area contributed by atoms with Gasteiger partial charge in [0.15, 0.2) is 0 Å². The smallest absolute Gasteiger partial charge is 0.216 e. The average molecular weight is 263 g/mol. The number of ether oxygens (including phenoxy) is 1. The maximum absolute atomic E-state index is 10.7. The van der Waals surface area contributed by atoms with Gasteiger partial charge in [0.05, 0.1) is 13.2 Å². The van der Waals surface area contributed by atoms with Crippen LogP contribution >= 0.6 is 0 Å². The zero-order valence-corrected chi connectivity index (χ0v) is 11.3. The molecule has 5 nitrogen and oxygen atoms in total. The number of benzene rings is 1. The van der Waals surface area contributed by atoms with E-state index in [1.165, 1.54) is 12.6 Å². The topological polar surface area (TPSA) is 53.6 Å². The van der Waals surface area contributed by atoms with Gasteiger partial charge in [0.25, 0.3) is 0 Å². The molecule has 0 aliphatic carbocycles. The molecule has 1 aromatic rings. The van der Waals surface area contributed by atoms with Gasteiger partial charge in [-0.1, -0.05) is 0 Å². The van der Waals surface area contributed by atoms with Crippen LogP contribution in [0.3, 0.4) is 0 Å². The normalized spacial score (nSPS) is 15.1. The van der Waals surface area contributed by atoms with Crippen molar-refractivity contribution >= 4 is 17.3 Å². The molecule has 19 heavy (non-hydrogen) atoms. The number of carbonyl (C=O) groups excluding carboxylic acids is 1. The van der Waals surface area contributed by atoms with E-state index in [4.69, 9.17) is 4.74 Å². The highest BCUT2D eigenvalue weighted by Gasteiger charge is 2.10. The first-order chi connectivity index (χ1) is 9.25. The van der Waals surface area contributed by atoms with Crippen LogP contribution in [0.15, 0.2) is 24.3 Å². The van der Waals surface area contributed by atoms with E-state index >= 15 is 0 Å². The first-order valence-corrected chi connectivity index (χ1v) is 6.67. The van der Waals surface area contributed by atoms with Gasteiger partial charge in [-0.2, -0.15) is 0 Å². The zero-order valence-electron chi connectivity index (χ0n) is 11.3. The van der Waals surface area contributed by atoms with Gasteiger partial charge in [-0.3, -0.25) is 4.79 Å². The van der Waals surface area contributed by atoms with E-state index in [9.17, 15) is 4.79 Å². The molecule has 104 valence electrons. The van der Waals surface area contributed by atoms with Crippen LogP contribution in [-0.2, 0) is 9.53 Å². The summed E-state index contributed by atoms with van der Waals surface area (Å²) in [5, 5.41) is 6.03. The summed E-state index contributed by atoms with van der Waals surface area (Å²) >= 11 is 0. The van der Waals surface area contributed by atoms with E-state index in [2.05, 4.69) is 39.8 Å². The highest BCUT2D eigenvalue weighted by molar-refractivity contribution is 5.72. The summed E-state index contributed by atoms with van der Waals surface area (Å²) in [6, 6.07) is 8.37. The van der Waals surface area contributed by atoms with Crippen molar-refractivity contribution in [2.24, 2.45) is 0 Å². The van der Waals surface area contributed by atoms with E-state index in [-0.39, 0.29) is 5.91 Å². The van der Waals surface area contributed by atoms with E-state index in [1.54, 1.807) is 0 Å². The fourth-order valence-corrected chi connectivity index (χ4v) is 2.06. The van der Waals surface area contributed by atoms with Crippen molar-refractivity contribution in [3.8, 4) is 0 Å². The van der Waals surface area contributed by atoms with Crippen molar-refractivity contribution in [2.45, 2.75) is 6.92 Å². The molecule has 2 N–H and O–H groups in total. The molecule has 0 saturated carbocycles. The second-order valence-corrected chi connectivity index (χ2v) is 4.56. The third-order valence-corrected chi connectivity index (χ3v) is 3.07. The summed E-state index contributed by atoms with van der Waals surface area (Å²) in [6.07, 6.45) is 0. The minimum atomic E-state index is 0.00413. The molecule has 1 aliphatic heterocycles. The third kappa shape index (κ3) is 4.44. The van der Waals surface area contributed by atoms with Crippen LogP contribution in [0.4, 0.5) is 11.4 Å². The Labute approximate surface area is 113 Å². The van der Waals surface area contributed by atoms with Gasteiger partial charge in [0.1, 0.15) is 0 Å². The maximum Gasteiger partial charge on any atom is 0.216 e. The van der Waals surface area contributed by atoms with Crippen LogP contribution in [0, 0.1) is 0 Å². The summed E-state index contributed by atoms with van der Waals surface area (Å²) in [4.78, 5) is 13.0. The molecule has 5 heteroatoms. The average Bonchev–Trinajstić information content (AvgIpc) is 2.45. The van der Waals surface area contributed by atoms with Crippen molar-refractivity contribution in [3.05, 3.63) is 24.3 Å². The fraction of sp³-hybridized carbons (Fsp3) is 0.500. The second kappa shape index (κ2) is 6.99. The molecule has 1 amide bonds. The van der Waals surface area contributed by atoms with Crippen LogP contribution in [0.1, 0.15) is 6.92 Å². The number of nitrogens with one attached hydrogen (secondary N) is 2. The number of hydrogen-bond acceptors (Lipinski definition) is 4. The van der Waals surface area contributed by atoms with Crippen molar-refractivity contribution in [2.75, 3.05) is 49.6 Å². The Hall–Kier alpha value is -1.75. The Kier molecular flexibility index (Phi) is 5.03. The predicted octanol–water partition coefficient (Wildman–Crippen LogP) is 1.07. The number of anilines is 2. The molecule has 0 aromatic heterocycles. The number of carbonyl (C=O) groups is 1. The van der Waals surface area contributed by atoms with Gasteiger partial charge >= 0.3 is 0 Å². The van der Waals surface area contributed by atoms with E-state index in [0.29, 0.717) is 6.54 Å². The first-order valence-electron chi connectivity index (χ1n) is 6.67. The maximum atomic E-state index is 10.7. The fourth-order valence-electron chi connectivity index (χ4n) is 2.06. The van der Waals surface area contributed by atoms with Gasteiger partial charge in [-0.25, -0.2) is 0 Å². The van der Waals surface area contributed by atoms with E-state index in [1.807, 2.05) is 0 Å². The Morgan fingerprint density at radius 1 is 1.21 bits per heavy atom. The van der Waals surface area contributed by atoms with Gasteiger partial charge < -0.3 is 20.3 Å². The zero-order chi connectivity index (χ0) is 13.5. The van der Waals surface area contributed by atoms with Crippen LogP contribution in [0.2, 0.25) is 0 Å². The number of rotatable bonds is 5. The SMILES string of the molecule is CC(=O)NCCNc1ccc(N2CCOCC2)cc1. The van der Waals surface area contributed by atoms with Crippen LogP contribution in [0.5, 0.6) is 0 Å². The predicted molar refractivity (Wildman–Crippen MR) is 76.6 cm³/mol. The molecule has 0 radical (unpaired) electrons. The highest BCUT2D eigenvalue weighted by atomic mass is 16.5. The van der Waals surface area contributed by atoms with Crippen molar-refractivity contribution in [1.82, 2.24) is 5.32 Å². The Morgan fingerprint density at radius 3 is 2.53 bits per heavy atom. The van der Waals surface area contributed by atoms with E-state index < -0.39 is 0 Å². The molecular weight excluding hydrogens is 242 g/mol. The minimum Gasteiger partial charge on any atom is -0.383 e. The molecular formula is C14H21N3O2. The van der Waals surface area contributed by atoms with Crippen molar-refractivity contribution in [3.63, 3.8) is 0 Å². The lowest BCUT2D eigenvalue weighted by Crippen LogP contribution is -2.36. The monoisotopic (exact) mass is 263 g/mol. The summed E-state index contributed by atoms with van der Waals surface area (Å²) in [7, 11) is 0. The second-order valence-electron chi connectivity index (χ2n) is 4.56. The lowest BCUT2D eigenvalue weighted by atomic mass is 10.2. The standard InChI is InChI=1S/C14H21N3O2/c1-12(18)15-6-7-16-13-2-4-14(5-3-13)17-8-10-19-11-9-17/h2-5,16H,6-11H2,1H3,(H,15,18). The number of morpholine rings is 1. The molecule has 2 rings (SSSR count).